The average molecular weight is 839 g/mol. The number of aromatic nitrogens is 6. The molecule has 0 saturated heterocycles. The van der Waals surface area contributed by atoms with E-state index in [0.29, 0.717) is 77.8 Å². The molecule has 0 amide bonds. The lowest BCUT2D eigenvalue weighted by atomic mass is 9.98. The average Bonchev–Trinajstić information content (AvgIpc) is 4.05. The van der Waals surface area contributed by atoms with Crippen molar-refractivity contribution in [2.45, 2.75) is 26.9 Å². The van der Waals surface area contributed by atoms with Crippen LogP contribution >= 0.6 is 0 Å². The first kappa shape index (κ1) is 40.2. The second-order valence-electron chi connectivity index (χ2n) is 14.6. The van der Waals surface area contributed by atoms with E-state index in [0.717, 1.165) is 50.0 Å². The summed E-state index contributed by atoms with van der Waals surface area (Å²) in [5.74, 6) is 0.371. The summed E-state index contributed by atoms with van der Waals surface area (Å²) < 4.78 is 27.0. The molecule has 3 aromatic heterocycles. The number of oxime groups is 1. The number of carbonyl (C=O) groups is 1. The Kier molecular flexibility index (Phi) is 11.1. The van der Waals surface area contributed by atoms with Gasteiger partial charge >= 0.3 is 5.97 Å². The van der Waals surface area contributed by atoms with Gasteiger partial charge < -0.3 is 29.7 Å². The Hall–Kier alpha value is -8.26. The minimum absolute atomic E-state index is 0.0435. The van der Waals surface area contributed by atoms with E-state index in [1.54, 1.807) is 12.1 Å². The van der Waals surface area contributed by atoms with E-state index in [1.807, 2.05) is 132 Å². The number of carbonyl (C=O) groups excluding carboxylic acids is 1. The largest absolute Gasteiger partial charge is 0.465 e. The maximum atomic E-state index is 12.7. The van der Waals surface area contributed by atoms with Crippen LogP contribution in [-0.4, -0.2) is 66.6 Å². The normalized spacial score (nSPS) is 11.6. The van der Waals surface area contributed by atoms with Gasteiger partial charge in [-0.3, -0.25) is 9.13 Å². The summed E-state index contributed by atoms with van der Waals surface area (Å²) in [7, 11) is 1.37. The molecule has 63 heavy (non-hydrogen) atoms. The van der Waals surface area contributed by atoms with Crippen molar-refractivity contribution >= 4 is 33.9 Å². The molecule has 14 heteroatoms. The number of nitrogens with zero attached hydrogens (tertiary/aromatic N) is 7. The molecule has 0 fully saturated rings. The zero-order valence-electron chi connectivity index (χ0n) is 34.7. The van der Waals surface area contributed by atoms with Crippen LogP contribution in [0.5, 0.6) is 12.0 Å². The SMILES string of the molecule is CCOc1nc2cccc(C(=O)OC)c2n1Cc1ccc(-c2ccccc2-c2noc(-c3cccc4nc(OCC)n(Cc5ccc(-c6ccccc6/C(N)=N\O)cc5)c34)n2)cc1. The summed E-state index contributed by atoms with van der Waals surface area (Å²) in [4.78, 5) is 27.2. The molecule has 0 spiro atoms. The Morgan fingerprint density at radius 1 is 0.635 bits per heavy atom. The molecular formula is C49H42N8O6. The van der Waals surface area contributed by atoms with Crippen molar-refractivity contribution in [1.82, 2.24) is 29.2 Å². The van der Waals surface area contributed by atoms with Gasteiger partial charge in [0.25, 0.3) is 17.9 Å². The zero-order chi connectivity index (χ0) is 43.5. The molecule has 0 aliphatic heterocycles. The number of ether oxygens (including phenoxy) is 3. The standard InChI is InChI=1S/C49H42N8O6/c1-4-61-48-51-40-18-10-16-38(42(40)56(48)28-30-20-24-32(25-21-30)34-12-6-8-14-36(34)44(50)54-59)46-53-45(55-63-46)37-15-9-7-13-35(37)33-26-22-31(23-27-33)29-57-43-39(47(58)60-3)17-11-19-41(43)52-49(57)62-5-2/h6-27,59H,4-5,28-29H2,1-3H3,(H2,50,54). The van der Waals surface area contributed by atoms with Gasteiger partial charge in [-0.25, -0.2) is 4.79 Å². The molecule has 3 N–H and O–H groups in total. The quantitative estimate of drug-likeness (QED) is 0.0351. The van der Waals surface area contributed by atoms with Gasteiger partial charge in [0.2, 0.25) is 5.82 Å². The van der Waals surface area contributed by atoms with Gasteiger partial charge in [0.15, 0.2) is 5.84 Å². The smallest absolute Gasteiger partial charge is 0.340 e. The fourth-order valence-corrected chi connectivity index (χ4v) is 7.88. The molecular weight excluding hydrogens is 797 g/mol. The van der Waals surface area contributed by atoms with E-state index in [-0.39, 0.29) is 5.84 Å². The summed E-state index contributed by atoms with van der Waals surface area (Å²) in [5.41, 5.74) is 17.0. The second-order valence-corrected chi connectivity index (χ2v) is 14.6. The summed E-state index contributed by atoms with van der Waals surface area (Å²) in [6, 6.07) is 43.8. The molecule has 314 valence electrons. The Morgan fingerprint density at radius 3 is 1.78 bits per heavy atom. The van der Waals surface area contributed by atoms with Crippen molar-refractivity contribution in [2.24, 2.45) is 10.9 Å². The molecule has 0 radical (unpaired) electrons. The summed E-state index contributed by atoms with van der Waals surface area (Å²) in [5, 5.41) is 17.0. The monoisotopic (exact) mass is 838 g/mol. The molecule has 9 rings (SSSR count). The first-order valence-electron chi connectivity index (χ1n) is 20.4. The third-order valence-electron chi connectivity index (χ3n) is 10.8. The van der Waals surface area contributed by atoms with Crippen molar-refractivity contribution < 1.29 is 28.7 Å². The van der Waals surface area contributed by atoms with Crippen LogP contribution in [0.25, 0.3) is 67.2 Å². The minimum atomic E-state index is -0.442. The lowest BCUT2D eigenvalue weighted by Gasteiger charge is -2.12. The van der Waals surface area contributed by atoms with Gasteiger partial charge in [-0.05, 0) is 71.5 Å². The number of rotatable bonds is 14. The number of fused-ring (bicyclic) bond motifs is 2. The van der Waals surface area contributed by atoms with Crippen molar-refractivity contribution in [3.05, 3.63) is 156 Å². The van der Waals surface area contributed by atoms with Crippen LogP contribution in [0.1, 0.15) is 40.9 Å². The fraction of sp³-hybridized carbons (Fsp3) is 0.143. The number of hydrogen-bond donors (Lipinski definition) is 2. The number of imidazole rings is 2. The molecule has 0 aliphatic carbocycles. The second kappa shape index (κ2) is 17.4. The highest BCUT2D eigenvalue weighted by molar-refractivity contribution is 6.03. The van der Waals surface area contributed by atoms with Crippen LogP contribution in [0.3, 0.4) is 0 Å². The molecule has 3 heterocycles. The Bertz CT molecular complexity index is 3130. The number of para-hydroxylation sites is 2. The fourth-order valence-electron chi connectivity index (χ4n) is 7.88. The predicted octanol–water partition coefficient (Wildman–Crippen LogP) is 9.21. The predicted molar refractivity (Wildman–Crippen MR) is 240 cm³/mol. The molecule has 14 nitrogen and oxygen atoms in total. The van der Waals surface area contributed by atoms with E-state index in [2.05, 4.69) is 27.4 Å². The highest BCUT2D eigenvalue weighted by atomic mass is 16.5. The van der Waals surface area contributed by atoms with Crippen molar-refractivity contribution in [2.75, 3.05) is 20.3 Å². The van der Waals surface area contributed by atoms with Crippen LogP contribution < -0.4 is 15.2 Å². The van der Waals surface area contributed by atoms with Crippen molar-refractivity contribution in [3.63, 3.8) is 0 Å². The van der Waals surface area contributed by atoms with Crippen molar-refractivity contribution in [3.8, 4) is 57.1 Å². The first-order valence-corrected chi connectivity index (χ1v) is 20.4. The molecule has 0 atom stereocenters. The number of amidine groups is 1. The summed E-state index contributed by atoms with van der Waals surface area (Å²) >= 11 is 0. The minimum Gasteiger partial charge on any atom is -0.465 e. The number of hydrogen-bond acceptors (Lipinski definition) is 11. The lowest BCUT2D eigenvalue weighted by molar-refractivity contribution is 0.0602. The topological polar surface area (TPSA) is 178 Å². The van der Waals surface area contributed by atoms with Crippen molar-refractivity contribution in [1.29, 1.82) is 0 Å². The van der Waals surface area contributed by atoms with E-state index in [4.69, 9.17) is 34.4 Å². The zero-order valence-corrected chi connectivity index (χ0v) is 34.7. The summed E-state index contributed by atoms with van der Waals surface area (Å²) in [6.07, 6.45) is 0. The van der Waals surface area contributed by atoms with Crippen LogP contribution in [-0.2, 0) is 17.8 Å². The molecule has 0 aliphatic rings. The van der Waals surface area contributed by atoms with Crippen LogP contribution in [0.4, 0.5) is 0 Å². The molecule has 9 aromatic rings. The highest BCUT2D eigenvalue weighted by Gasteiger charge is 2.23. The van der Waals surface area contributed by atoms with Crippen LogP contribution in [0.2, 0.25) is 0 Å². The van der Waals surface area contributed by atoms with Gasteiger partial charge in [-0.1, -0.05) is 120 Å². The lowest BCUT2D eigenvalue weighted by Crippen LogP contribution is -2.14. The third-order valence-corrected chi connectivity index (χ3v) is 10.8. The van der Waals surface area contributed by atoms with E-state index in [1.165, 1.54) is 7.11 Å². The number of benzene rings is 6. The van der Waals surface area contributed by atoms with E-state index < -0.39 is 5.97 Å². The molecule has 0 unspecified atom stereocenters. The van der Waals surface area contributed by atoms with Gasteiger partial charge in [-0.15, -0.1) is 0 Å². The van der Waals surface area contributed by atoms with E-state index in [9.17, 15) is 10.0 Å². The van der Waals surface area contributed by atoms with Crippen LogP contribution in [0.15, 0.2) is 143 Å². The van der Waals surface area contributed by atoms with Gasteiger partial charge in [0.05, 0.1) is 66.6 Å². The molecule has 0 bridgehead atoms. The highest BCUT2D eigenvalue weighted by Crippen LogP contribution is 2.36. The van der Waals surface area contributed by atoms with Crippen LogP contribution in [0, 0.1) is 0 Å². The number of nitrogens with two attached hydrogens (primary N) is 1. The number of methoxy groups -OCH3 is 1. The van der Waals surface area contributed by atoms with E-state index >= 15 is 0 Å². The Labute approximate surface area is 361 Å². The number of esters is 1. The third kappa shape index (κ3) is 7.69. The summed E-state index contributed by atoms with van der Waals surface area (Å²) in [6.45, 7) is 5.53. The van der Waals surface area contributed by atoms with Gasteiger partial charge in [0, 0.05) is 11.1 Å². The maximum absolute atomic E-state index is 12.7. The maximum Gasteiger partial charge on any atom is 0.340 e. The molecule has 6 aromatic carbocycles. The van der Waals surface area contributed by atoms with Gasteiger partial charge in [0.1, 0.15) is 0 Å². The first-order chi connectivity index (χ1) is 30.9. The van der Waals surface area contributed by atoms with Gasteiger partial charge in [-0.2, -0.15) is 15.0 Å². The molecule has 0 saturated carbocycles. The Morgan fingerprint density at radius 2 is 1.16 bits per heavy atom. The Balaban J connectivity index is 1.02.